The number of nitrogens with zero attached hydrogens (tertiary/aromatic N) is 1. The van der Waals surface area contributed by atoms with Crippen LogP contribution in [0.2, 0.25) is 0 Å². The van der Waals surface area contributed by atoms with Gasteiger partial charge in [-0.2, -0.15) is 0 Å². The maximum atomic E-state index is 11.9. The highest BCUT2D eigenvalue weighted by Crippen LogP contribution is 2.29. The maximum absolute atomic E-state index is 11.9. The Balaban J connectivity index is 1.95. The van der Waals surface area contributed by atoms with Gasteiger partial charge in [-0.15, -0.1) is 0 Å². The number of anilines is 1. The van der Waals surface area contributed by atoms with Crippen LogP contribution in [0.15, 0.2) is 24.3 Å². The number of hydrogen-bond acceptors (Lipinski definition) is 4. The molecule has 1 N–H and O–H groups in total. The number of aromatic nitrogens is 1. The summed E-state index contributed by atoms with van der Waals surface area (Å²) in [6, 6.07) is 7.96. The van der Waals surface area contributed by atoms with E-state index in [2.05, 4.69) is 10.3 Å². The summed E-state index contributed by atoms with van der Waals surface area (Å²) in [7, 11) is -2.91. The van der Waals surface area contributed by atoms with Gasteiger partial charge in [-0.3, -0.25) is 4.98 Å². The minimum absolute atomic E-state index is 0.260. The van der Waals surface area contributed by atoms with E-state index in [-0.39, 0.29) is 5.25 Å². The minimum Gasteiger partial charge on any atom is -0.383 e. The number of para-hydroxylation sites is 1. The lowest BCUT2D eigenvalue weighted by Crippen LogP contribution is -2.25. The van der Waals surface area contributed by atoms with Gasteiger partial charge in [-0.05, 0) is 38.3 Å². The Morgan fingerprint density at radius 1 is 1.29 bits per heavy atom. The summed E-state index contributed by atoms with van der Waals surface area (Å²) < 4.78 is 23.9. The molecule has 0 radical (unpaired) electrons. The van der Waals surface area contributed by atoms with Gasteiger partial charge in [0.2, 0.25) is 0 Å². The molecule has 1 aromatic heterocycles. The Morgan fingerprint density at radius 2 is 2.05 bits per heavy atom. The van der Waals surface area contributed by atoms with Gasteiger partial charge in [0.05, 0.1) is 16.5 Å². The lowest BCUT2D eigenvalue weighted by molar-refractivity contribution is 0.591. The van der Waals surface area contributed by atoms with Crippen LogP contribution in [-0.4, -0.2) is 30.9 Å². The zero-order valence-electron chi connectivity index (χ0n) is 12.4. The van der Waals surface area contributed by atoms with Crippen LogP contribution < -0.4 is 5.32 Å². The molecule has 112 valence electrons. The number of sulfone groups is 1. The second-order valence-corrected chi connectivity index (χ2v) is 8.13. The van der Waals surface area contributed by atoms with Crippen LogP contribution in [0.5, 0.6) is 0 Å². The molecular formula is C16H20N2O2S. The highest BCUT2D eigenvalue weighted by molar-refractivity contribution is 7.92. The van der Waals surface area contributed by atoms with Crippen LogP contribution >= 0.6 is 0 Å². The van der Waals surface area contributed by atoms with Crippen molar-refractivity contribution in [2.45, 2.75) is 31.9 Å². The molecule has 21 heavy (non-hydrogen) atoms. The molecule has 2 aromatic rings. The number of benzene rings is 1. The van der Waals surface area contributed by atoms with Crippen molar-refractivity contribution < 1.29 is 8.42 Å². The van der Waals surface area contributed by atoms with Crippen LogP contribution in [-0.2, 0) is 9.84 Å². The molecule has 1 aliphatic rings. The van der Waals surface area contributed by atoms with Crippen LogP contribution in [0.4, 0.5) is 5.69 Å². The Kier molecular flexibility index (Phi) is 3.61. The summed E-state index contributed by atoms with van der Waals surface area (Å²) in [6.07, 6.45) is 1.54. The van der Waals surface area contributed by atoms with E-state index in [1.54, 1.807) is 0 Å². The van der Waals surface area contributed by atoms with E-state index in [0.717, 1.165) is 40.7 Å². The van der Waals surface area contributed by atoms with Gasteiger partial charge in [0.25, 0.3) is 0 Å². The van der Waals surface area contributed by atoms with Crippen LogP contribution in [0, 0.1) is 13.8 Å². The Bertz CT molecular complexity index is 784. The van der Waals surface area contributed by atoms with E-state index in [0.29, 0.717) is 12.3 Å². The fourth-order valence-electron chi connectivity index (χ4n) is 2.96. The third-order valence-electron chi connectivity index (χ3n) is 4.35. The lowest BCUT2D eigenvalue weighted by atomic mass is 10.1. The first-order valence-corrected chi connectivity index (χ1v) is 9.02. The zero-order chi connectivity index (χ0) is 15.0. The number of rotatable bonds is 3. The Labute approximate surface area is 125 Å². The summed E-state index contributed by atoms with van der Waals surface area (Å²) in [4.78, 5) is 4.59. The third kappa shape index (κ3) is 2.62. The SMILES string of the molecule is Cc1nc2ccccc2c(NC[C@H]2CCCS2(=O)=O)c1C. The zero-order valence-corrected chi connectivity index (χ0v) is 13.2. The molecule has 4 nitrogen and oxygen atoms in total. The van der Waals surface area contributed by atoms with E-state index in [4.69, 9.17) is 0 Å². The van der Waals surface area contributed by atoms with Crippen molar-refractivity contribution in [1.82, 2.24) is 4.98 Å². The number of aryl methyl sites for hydroxylation is 1. The van der Waals surface area contributed by atoms with Crippen LogP contribution in [0.25, 0.3) is 10.9 Å². The monoisotopic (exact) mass is 304 g/mol. The molecule has 1 atom stereocenters. The molecule has 2 heterocycles. The smallest absolute Gasteiger partial charge is 0.154 e. The quantitative estimate of drug-likeness (QED) is 0.947. The first-order valence-electron chi connectivity index (χ1n) is 7.30. The number of pyridine rings is 1. The molecule has 1 aromatic carbocycles. The highest BCUT2D eigenvalue weighted by atomic mass is 32.2. The van der Waals surface area contributed by atoms with Crippen molar-refractivity contribution in [2.75, 3.05) is 17.6 Å². The highest BCUT2D eigenvalue weighted by Gasteiger charge is 2.31. The summed E-state index contributed by atoms with van der Waals surface area (Å²) >= 11 is 0. The maximum Gasteiger partial charge on any atom is 0.154 e. The van der Waals surface area contributed by atoms with Crippen molar-refractivity contribution in [3.05, 3.63) is 35.5 Å². The molecule has 0 amide bonds. The van der Waals surface area contributed by atoms with Gasteiger partial charge in [-0.25, -0.2) is 8.42 Å². The second-order valence-electron chi connectivity index (χ2n) is 5.73. The fraction of sp³-hybridized carbons (Fsp3) is 0.438. The molecule has 0 bridgehead atoms. The average Bonchev–Trinajstić information content (AvgIpc) is 2.78. The van der Waals surface area contributed by atoms with E-state index in [1.165, 1.54) is 0 Å². The number of fused-ring (bicyclic) bond motifs is 1. The van der Waals surface area contributed by atoms with Crippen molar-refractivity contribution in [3.8, 4) is 0 Å². The third-order valence-corrected chi connectivity index (χ3v) is 6.62. The first-order chi connectivity index (χ1) is 9.99. The van der Waals surface area contributed by atoms with Crippen molar-refractivity contribution in [2.24, 2.45) is 0 Å². The standard InChI is InChI=1S/C16H20N2O2S/c1-11-12(2)18-15-8-4-3-7-14(15)16(11)17-10-13-6-5-9-21(13,19)20/h3-4,7-8,13H,5-6,9-10H2,1-2H3,(H,17,18)/t13-/m1/s1. The van der Waals surface area contributed by atoms with Gasteiger partial charge in [0.15, 0.2) is 9.84 Å². The molecule has 0 saturated carbocycles. The lowest BCUT2D eigenvalue weighted by Gasteiger charge is -2.17. The fourth-order valence-corrected chi connectivity index (χ4v) is 4.73. The van der Waals surface area contributed by atoms with Gasteiger partial charge in [0.1, 0.15) is 0 Å². The first kappa shape index (κ1) is 14.3. The van der Waals surface area contributed by atoms with E-state index in [1.807, 2.05) is 38.1 Å². The van der Waals surface area contributed by atoms with Gasteiger partial charge in [-0.1, -0.05) is 18.2 Å². The van der Waals surface area contributed by atoms with E-state index < -0.39 is 9.84 Å². The molecule has 0 unspecified atom stereocenters. The molecule has 1 saturated heterocycles. The molecule has 0 aliphatic carbocycles. The van der Waals surface area contributed by atoms with E-state index in [9.17, 15) is 8.42 Å². The van der Waals surface area contributed by atoms with E-state index >= 15 is 0 Å². The minimum atomic E-state index is -2.91. The number of hydrogen-bond donors (Lipinski definition) is 1. The molecule has 1 aliphatic heterocycles. The largest absolute Gasteiger partial charge is 0.383 e. The predicted octanol–water partition coefficient (Wildman–Crippen LogP) is 2.84. The van der Waals surface area contributed by atoms with Gasteiger partial charge in [0, 0.05) is 23.3 Å². The van der Waals surface area contributed by atoms with Crippen LogP contribution in [0.1, 0.15) is 24.1 Å². The summed E-state index contributed by atoms with van der Waals surface area (Å²) in [5.74, 6) is 0.328. The number of nitrogens with one attached hydrogen (secondary N) is 1. The van der Waals surface area contributed by atoms with Crippen molar-refractivity contribution in [1.29, 1.82) is 0 Å². The van der Waals surface area contributed by atoms with Crippen molar-refractivity contribution in [3.63, 3.8) is 0 Å². The van der Waals surface area contributed by atoms with Crippen molar-refractivity contribution >= 4 is 26.4 Å². The average molecular weight is 304 g/mol. The summed E-state index contributed by atoms with van der Waals surface area (Å²) in [5, 5.41) is 4.17. The van der Waals surface area contributed by atoms with Crippen LogP contribution in [0.3, 0.4) is 0 Å². The normalized spacial score (nSPS) is 20.8. The molecule has 1 fully saturated rings. The molecular weight excluding hydrogens is 284 g/mol. The summed E-state index contributed by atoms with van der Waals surface area (Å²) in [6.45, 7) is 4.50. The Morgan fingerprint density at radius 3 is 2.76 bits per heavy atom. The molecule has 3 rings (SSSR count). The predicted molar refractivity (Wildman–Crippen MR) is 86.5 cm³/mol. The Hall–Kier alpha value is -1.62. The summed E-state index contributed by atoms with van der Waals surface area (Å²) in [5.41, 5.74) is 4.02. The van der Waals surface area contributed by atoms with Gasteiger partial charge >= 0.3 is 0 Å². The molecule has 5 heteroatoms. The van der Waals surface area contributed by atoms with Gasteiger partial charge < -0.3 is 5.32 Å². The topological polar surface area (TPSA) is 59.1 Å². The molecule has 0 spiro atoms. The second kappa shape index (κ2) is 5.30.